The Bertz CT molecular complexity index is 1090. The van der Waals surface area contributed by atoms with Crippen molar-refractivity contribution in [3.8, 4) is 11.4 Å². The standard InChI is InChI=1S/C20H18N4O2/c1-26-14-17-12-18-22-23(13-15-8-4-2-5-9-15)20(25)24(18)19(21-17)16-10-6-3-7-11-16/h2-12H,13-14H2,1H3. The Morgan fingerprint density at radius 2 is 1.69 bits per heavy atom. The SMILES string of the molecule is COCc1cc2nn(Cc3ccccc3)c(=O)n2c(-c2ccccc2)n1. The number of benzene rings is 2. The van der Waals surface area contributed by atoms with Crippen molar-refractivity contribution in [2.45, 2.75) is 13.2 Å². The summed E-state index contributed by atoms with van der Waals surface area (Å²) in [4.78, 5) is 17.6. The van der Waals surface area contributed by atoms with Crippen LogP contribution in [0.1, 0.15) is 11.3 Å². The van der Waals surface area contributed by atoms with Crippen molar-refractivity contribution in [1.29, 1.82) is 0 Å². The highest BCUT2D eigenvalue weighted by molar-refractivity contribution is 5.59. The highest BCUT2D eigenvalue weighted by Crippen LogP contribution is 2.18. The molecule has 2 aromatic heterocycles. The maximum Gasteiger partial charge on any atom is 0.352 e. The number of nitrogens with zero attached hydrogens (tertiary/aromatic N) is 4. The molecule has 6 heteroatoms. The van der Waals surface area contributed by atoms with Crippen LogP contribution in [0, 0.1) is 0 Å². The first kappa shape index (κ1) is 16.2. The van der Waals surface area contributed by atoms with Crippen LogP contribution in [0.25, 0.3) is 17.0 Å². The van der Waals surface area contributed by atoms with Crippen LogP contribution in [0.15, 0.2) is 71.5 Å². The zero-order chi connectivity index (χ0) is 17.9. The summed E-state index contributed by atoms with van der Waals surface area (Å²) in [6.07, 6.45) is 0. The van der Waals surface area contributed by atoms with Crippen molar-refractivity contribution in [1.82, 2.24) is 19.2 Å². The lowest BCUT2D eigenvalue weighted by molar-refractivity contribution is 0.181. The fourth-order valence-electron chi connectivity index (χ4n) is 2.95. The monoisotopic (exact) mass is 346 g/mol. The number of methoxy groups -OCH3 is 1. The van der Waals surface area contributed by atoms with E-state index in [1.54, 1.807) is 17.6 Å². The van der Waals surface area contributed by atoms with E-state index in [0.29, 0.717) is 24.6 Å². The summed E-state index contributed by atoms with van der Waals surface area (Å²) < 4.78 is 8.24. The molecule has 0 fully saturated rings. The molecule has 0 amide bonds. The van der Waals surface area contributed by atoms with Gasteiger partial charge in [0.05, 0.1) is 18.8 Å². The van der Waals surface area contributed by atoms with Gasteiger partial charge in [-0.25, -0.2) is 18.9 Å². The molecule has 2 heterocycles. The van der Waals surface area contributed by atoms with E-state index in [4.69, 9.17) is 4.74 Å². The second kappa shape index (κ2) is 6.93. The van der Waals surface area contributed by atoms with Crippen molar-refractivity contribution in [2.75, 3.05) is 7.11 Å². The van der Waals surface area contributed by atoms with Gasteiger partial charge in [-0.15, -0.1) is 5.10 Å². The third-order valence-electron chi connectivity index (χ3n) is 4.12. The Hall–Kier alpha value is -3.25. The molecule has 0 aliphatic rings. The van der Waals surface area contributed by atoms with E-state index in [-0.39, 0.29) is 5.69 Å². The van der Waals surface area contributed by atoms with Crippen LogP contribution in [0.3, 0.4) is 0 Å². The number of rotatable bonds is 5. The van der Waals surface area contributed by atoms with E-state index >= 15 is 0 Å². The summed E-state index contributed by atoms with van der Waals surface area (Å²) in [7, 11) is 1.62. The van der Waals surface area contributed by atoms with Gasteiger partial charge in [-0.05, 0) is 5.56 Å². The largest absolute Gasteiger partial charge is 0.378 e. The van der Waals surface area contributed by atoms with Gasteiger partial charge < -0.3 is 4.74 Å². The Labute approximate surface area is 150 Å². The minimum atomic E-state index is -0.209. The smallest absolute Gasteiger partial charge is 0.352 e. The van der Waals surface area contributed by atoms with Crippen molar-refractivity contribution in [3.05, 3.63) is 88.5 Å². The molecule has 4 aromatic rings. The molecule has 0 radical (unpaired) electrons. The molecule has 6 nitrogen and oxygen atoms in total. The average Bonchev–Trinajstić information content (AvgIpc) is 2.98. The van der Waals surface area contributed by atoms with Gasteiger partial charge in [-0.2, -0.15) is 0 Å². The predicted octanol–water partition coefficient (Wildman–Crippen LogP) is 2.75. The molecule has 0 bridgehead atoms. The first-order valence-electron chi connectivity index (χ1n) is 8.34. The lowest BCUT2D eigenvalue weighted by Crippen LogP contribution is -2.23. The van der Waals surface area contributed by atoms with Crippen LogP contribution < -0.4 is 5.69 Å². The highest BCUT2D eigenvalue weighted by Gasteiger charge is 2.15. The van der Waals surface area contributed by atoms with E-state index in [9.17, 15) is 4.79 Å². The summed E-state index contributed by atoms with van der Waals surface area (Å²) in [6.45, 7) is 0.769. The lowest BCUT2D eigenvalue weighted by Gasteiger charge is -2.06. The normalized spacial score (nSPS) is 11.1. The molecule has 26 heavy (non-hydrogen) atoms. The van der Waals surface area contributed by atoms with Crippen LogP contribution in [0.4, 0.5) is 0 Å². The molecule has 0 unspecified atom stereocenters. The highest BCUT2D eigenvalue weighted by atomic mass is 16.5. The van der Waals surface area contributed by atoms with Crippen molar-refractivity contribution < 1.29 is 4.74 Å². The minimum absolute atomic E-state index is 0.209. The van der Waals surface area contributed by atoms with Gasteiger partial charge in [-0.1, -0.05) is 60.7 Å². The summed E-state index contributed by atoms with van der Waals surface area (Å²) in [5, 5.41) is 4.51. The fraction of sp³-hybridized carbons (Fsp3) is 0.150. The third-order valence-corrected chi connectivity index (χ3v) is 4.12. The van der Waals surface area contributed by atoms with Gasteiger partial charge in [0, 0.05) is 18.7 Å². The molecule has 2 aromatic carbocycles. The Kier molecular flexibility index (Phi) is 4.33. The lowest BCUT2D eigenvalue weighted by atomic mass is 10.2. The Morgan fingerprint density at radius 3 is 2.38 bits per heavy atom. The van der Waals surface area contributed by atoms with Crippen LogP contribution in [0.5, 0.6) is 0 Å². The molecule has 0 aliphatic carbocycles. The van der Waals surface area contributed by atoms with Gasteiger partial charge in [-0.3, -0.25) is 0 Å². The summed E-state index contributed by atoms with van der Waals surface area (Å²) in [5.41, 5.74) is 2.96. The van der Waals surface area contributed by atoms with Crippen LogP contribution in [0.2, 0.25) is 0 Å². The minimum Gasteiger partial charge on any atom is -0.378 e. The van der Waals surface area contributed by atoms with Crippen molar-refractivity contribution in [2.24, 2.45) is 0 Å². The molecule has 0 aliphatic heterocycles. The molecule has 4 rings (SSSR count). The zero-order valence-electron chi connectivity index (χ0n) is 14.4. The molecular weight excluding hydrogens is 328 g/mol. The first-order valence-corrected chi connectivity index (χ1v) is 8.34. The van der Waals surface area contributed by atoms with E-state index < -0.39 is 0 Å². The molecule has 0 N–H and O–H groups in total. The van der Waals surface area contributed by atoms with E-state index in [1.165, 1.54) is 4.68 Å². The van der Waals surface area contributed by atoms with Gasteiger partial charge in [0.25, 0.3) is 0 Å². The molecule has 0 atom stereocenters. The van der Waals surface area contributed by atoms with Crippen LogP contribution >= 0.6 is 0 Å². The van der Waals surface area contributed by atoms with Gasteiger partial charge in [0.2, 0.25) is 0 Å². The number of hydrogen-bond donors (Lipinski definition) is 0. The molecule has 130 valence electrons. The van der Waals surface area contributed by atoms with Gasteiger partial charge in [0.15, 0.2) is 5.65 Å². The first-order chi connectivity index (χ1) is 12.8. The second-order valence-electron chi connectivity index (χ2n) is 5.99. The maximum absolute atomic E-state index is 13.0. The number of hydrogen-bond acceptors (Lipinski definition) is 4. The molecular formula is C20H18N4O2. The van der Waals surface area contributed by atoms with Crippen LogP contribution in [-0.4, -0.2) is 26.3 Å². The number of fused-ring (bicyclic) bond motifs is 1. The zero-order valence-corrected chi connectivity index (χ0v) is 14.4. The topological polar surface area (TPSA) is 61.4 Å². The quantitative estimate of drug-likeness (QED) is 0.557. The van der Waals surface area contributed by atoms with Crippen molar-refractivity contribution >= 4 is 5.65 Å². The van der Waals surface area contributed by atoms with Crippen LogP contribution in [-0.2, 0) is 17.9 Å². The fourth-order valence-corrected chi connectivity index (χ4v) is 2.95. The Morgan fingerprint density at radius 1 is 1.00 bits per heavy atom. The Balaban J connectivity index is 1.90. The van der Waals surface area contributed by atoms with E-state index in [2.05, 4.69) is 10.1 Å². The summed E-state index contributed by atoms with van der Waals surface area (Å²) >= 11 is 0. The van der Waals surface area contributed by atoms with Crippen molar-refractivity contribution in [3.63, 3.8) is 0 Å². The molecule has 0 saturated carbocycles. The summed E-state index contributed by atoms with van der Waals surface area (Å²) in [5.74, 6) is 0.569. The predicted molar refractivity (Wildman–Crippen MR) is 98.9 cm³/mol. The maximum atomic E-state index is 13.0. The number of aromatic nitrogens is 4. The van der Waals surface area contributed by atoms with E-state index in [0.717, 1.165) is 16.8 Å². The second-order valence-corrected chi connectivity index (χ2v) is 5.99. The molecule has 0 spiro atoms. The molecule has 0 saturated heterocycles. The summed E-state index contributed by atoms with van der Waals surface area (Å²) in [6, 6.07) is 21.2. The van der Waals surface area contributed by atoms with Gasteiger partial charge >= 0.3 is 5.69 Å². The average molecular weight is 346 g/mol. The van der Waals surface area contributed by atoms with E-state index in [1.807, 2.05) is 60.7 Å². The number of ether oxygens (including phenoxy) is 1. The third kappa shape index (κ3) is 3.02. The van der Waals surface area contributed by atoms with Gasteiger partial charge in [0.1, 0.15) is 5.82 Å².